The summed E-state index contributed by atoms with van der Waals surface area (Å²) in [5.41, 5.74) is 1.99. The first-order valence-corrected chi connectivity index (χ1v) is 13.4. The summed E-state index contributed by atoms with van der Waals surface area (Å²) >= 11 is 6.07. The predicted molar refractivity (Wildman–Crippen MR) is 143 cm³/mol. The first-order chi connectivity index (χ1) is 18.9. The van der Waals surface area contributed by atoms with Gasteiger partial charge in [-0.05, 0) is 48.7 Å². The molecule has 1 fully saturated rings. The second-order valence-corrected chi connectivity index (χ2v) is 10.6. The Balaban J connectivity index is 1.59. The number of nitrogens with zero attached hydrogens (tertiary/aromatic N) is 1. The average molecular weight is 555 g/mol. The van der Waals surface area contributed by atoms with Crippen LogP contribution in [-0.2, 0) is 16.1 Å². The van der Waals surface area contributed by atoms with Gasteiger partial charge in [-0.1, -0.05) is 30.2 Å². The van der Waals surface area contributed by atoms with E-state index in [1.54, 1.807) is 29.2 Å². The summed E-state index contributed by atoms with van der Waals surface area (Å²) in [5.74, 6) is -0.763. The number of methoxy groups -OCH3 is 1. The average Bonchev–Trinajstić information content (AvgIpc) is 3.30. The third-order valence-corrected chi connectivity index (χ3v) is 8.03. The Kier molecular flexibility index (Phi) is 7.93. The van der Waals surface area contributed by atoms with Gasteiger partial charge in [0.1, 0.15) is 18.5 Å². The molecule has 10 heteroatoms. The number of hydrogen-bond donors (Lipinski definition) is 3. The van der Waals surface area contributed by atoms with Gasteiger partial charge in [-0.15, -0.1) is 0 Å². The van der Waals surface area contributed by atoms with Crippen molar-refractivity contribution >= 4 is 29.7 Å². The van der Waals surface area contributed by atoms with Crippen LogP contribution < -0.4 is 14.8 Å². The minimum absolute atomic E-state index is 0.0295. The number of hydrogen-bond acceptors (Lipinski definition) is 7. The molecule has 3 N–H and O–H groups in total. The topological polar surface area (TPSA) is 125 Å². The number of fused-ring (bicyclic) bond motifs is 3. The molecule has 206 valence electrons. The number of carbonyl (C=O) groups is 3. The van der Waals surface area contributed by atoms with Gasteiger partial charge in [-0.25, -0.2) is 0 Å². The number of aliphatic hydroxyl groups is 2. The maximum absolute atomic E-state index is 13.7. The van der Waals surface area contributed by atoms with E-state index in [-0.39, 0.29) is 37.1 Å². The van der Waals surface area contributed by atoms with Crippen LogP contribution in [0.15, 0.2) is 48.0 Å². The van der Waals surface area contributed by atoms with Crippen molar-refractivity contribution < 1.29 is 34.1 Å². The van der Waals surface area contributed by atoms with Crippen molar-refractivity contribution in [3.8, 4) is 11.5 Å². The van der Waals surface area contributed by atoms with Crippen molar-refractivity contribution in [1.29, 1.82) is 0 Å². The maximum Gasteiger partial charge on any atom is 0.247 e. The monoisotopic (exact) mass is 554 g/mol. The van der Waals surface area contributed by atoms with Crippen molar-refractivity contribution in [2.24, 2.45) is 5.92 Å². The van der Waals surface area contributed by atoms with Gasteiger partial charge in [0.15, 0.2) is 11.5 Å². The molecule has 0 spiro atoms. The number of benzene rings is 2. The Hall–Kier alpha value is -3.40. The van der Waals surface area contributed by atoms with E-state index in [1.165, 1.54) is 13.2 Å². The summed E-state index contributed by atoms with van der Waals surface area (Å²) < 4.78 is 11.7. The number of ether oxygens (including phenoxy) is 2. The lowest BCUT2D eigenvalue weighted by atomic mass is 9.76. The first-order valence-electron chi connectivity index (χ1n) is 13.0. The molecule has 4 unspecified atom stereocenters. The van der Waals surface area contributed by atoms with Gasteiger partial charge in [0.05, 0.1) is 25.7 Å². The van der Waals surface area contributed by atoms with E-state index >= 15 is 0 Å². The van der Waals surface area contributed by atoms with E-state index in [1.807, 2.05) is 12.1 Å². The number of amides is 2. The minimum atomic E-state index is -1.18. The molecular weight excluding hydrogens is 524 g/mol. The number of halogens is 1. The van der Waals surface area contributed by atoms with Gasteiger partial charge in [-0.2, -0.15) is 0 Å². The largest absolute Gasteiger partial charge is 0.493 e. The van der Waals surface area contributed by atoms with Crippen molar-refractivity contribution in [2.75, 3.05) is 20.3 Å². The molecule has 2 aromatic carbocycles. The van der Waals surface area contributed by atoms with Crippen LogP contribution in [0.1, 0.15) is 46.7 Å². The molecule has 0 radical (unpaired) electrons. The third kappa shape index (κ3) is 5.14. The Labute approximate surface area is 231 Å². The van der Waals surface area contributed by atoms with Crippen molar-refractivity contribution in [3.63, 3.8) is 0 Å². The van der Waals surface area contributed by atoms with E-state index in [9.17, 15) is 24.6 Å². The van der Waals surface area contributed by atoms with Gasteiger partial charge in [0.25, 0.3) is 0 Å². The third-order valence-electron chi connectivity index (χ3n) is 7.77. The van der Waals surface area contributed by atoms with Crippen LogP contribution in [0.4, 0.5) is 0 Å². The van der Waals surface area contributed by atoms with Crippen molar-refractivity contribution in [3.05, 3.63) is 69.8 Å². The highest BCUT2D eigenvalue weighted by atomic mass is 35.5. The quantitative estimate of drug-likeness (QED) is 0.407. The second-order valence-electron chi connectivity index (χ2n) is 10.1. The van der Waals surface area contributed by atoms with E-state index in [2.05, 4.69) is 5.32 Å². The van der Waals surface area contributed by atoms with Crippen LogP contribution in [0.5, 0.6) is 11.5 Å². The standard InChI is InChI=1S/C29H31ClN2O7/c1-38-23-12-17(15-34)11-20-24-21(28(36)31-9-10-33)13-22(25(35)27(24)39-26(20)23)32(29(37)18-3-2-4-18)14-16-5-7-19(30)8-6-16/h5-8,11-13,15,18,22,24-25,27,33,35H,2-4,9-10,14H2,1H3,(H,31,36). The molecule has 2 amide bonds. The van der Waals surface area contributed by atoms with Gasteiger partial charge in [-0.3, -0.25) is 14.4 Å². The second kappa shape index (κ2) is 11.4. The number of aldehydes is 1. The summed E-state index contributed by atoms with van der Waals surface area (Å²) in [6.07, 6.45) is 2.71. The lowest BCUT2D eigenvalue weighted by Gasteiger charge is -2.42. The van der Waals surface area contributed by atoms with E-state index in [0.717, 1.165) is 24.8 Å². The SMILES string of the molecule is COc1cc(C=O)cc2c1OC1C2C(C(=O)NCCO)=CC(N(Cc2ccc(Cl)cc2)C(=O)C2CCC2)C1O. The van der Waals surface area contributed by atoms with Crippen molar-refractivity contribution in [2.45, 2.75) is 50.0 Å². The first kappa shape index (κ1) is 27.2. The van der Waals surface area contributed by atoms with Gasteiger partial charge < -0.3 is 29.9 Å². The molecular formula is C29H31ClN2O7. The van der Waals surface area contributed by atoms with Gasteiger partial charge in [0.2, 0.25) is 11.8 Å². The number of aliphatic hydroxyl groups excluding tert-OH is 2. The molecule has 1 saturated carbocycles. The smallest absolute Gasteiger partial charge is 0.247 e. The number of carbonyl (C=O) groups excluding carboxylic acids is 3. The molecule has 3 aliphatic rings. The molecule has 4 atom stereocenters. The summed E-state index contributed by atoms with van der Waals surface area (Å²) in [5, 5.41) is 24.3. The number of rotatable bonds is 9. The Morgan fingerprint density at radius 3 is 2.59 bits per heavy atom. The van der Waals surface area contributed by atoms with E-state index < -0.39 is 30.1 Å². The summed E-state index contributed by atoms with van der Waals surface area (Å²) in [7, 11) is 1.45. The summed E-state index contributed by atoms with van der Waals surface area (Å²) in [6, 6.07) is 9.44. The lowest BCUT2D eigenvalue weighted by molar-refractivity contribution is -0.145. The maximum atomic E-state index is 13.7. The minimum Gasteiger partial charge on any atom is -0.493 e. The highest BCUT2D eigenvalue weighted by molar-refractivity contribution is 6.30. The van der Waals surface area contributed by atoms with Crippen molar-refractivity contribution in [1.82, 2.24) is 10.2 Å². The van der Waals surface area contributed by atoms with Crippen LogP contribution in [0.2, 0.25) is 5.02 Å². The zero-order chi connectivity index (χ0) is 27.7. The molecule has 9 nitrogen and oxygen atoms in total. The molecule has 0 bridgehead atoms. The highest BCUT2D eigenvalue weighted by Gasteiger charge is 2.52. The Morgan fingerprint density at radius 1 is 1.23 bits per heavy atom. The highest BCUT2D eigenvalue weighted by Crippen LogP contribution is 2.51. The molecule has 0 aromatic heterocycles. The normalized spacial score (nSPS) is 23.4. The summed E-state index contributed by atoms with van der Waals surface area (Å²) in [4.78, 5) is 40.4. The molecule has 0 saturated heterocycles. The van der Waals surface area contributed by atoms with Crippen LogP contribution in [-0.4, -0.2) is 71.7 Å². The van der Waals surface area contributed by atoms with Gasteiger partial charge >= 0.3 is 0 Å². The molecule has 2 aliphatic carbocycles. The fourth-order valence-electron chi connectivity index (χ4n) is 5.57. The Bertz CT molecular complexity index is 1290. The zero-order valence-electron chi connectivity index (χ0n) is 21.5. The van der Waals surface area contributed by atoms with Crippen LogP contribution in [0.25, 0.3) is 0 Å². The van der Waals surface area contributed by atoms with Gasteiger partial charge in [0, 0.05) is 40.7 Å². The fraction of sp³-hybridized carbons (Fsp3) is 0.414. The van der Waals surface area contributed by atoms with Crippen LogP contribution in [0.3, 0.4) is 0 Å². The molecule has 1 aliphatic heterocycles. The fourth-order valence-corrected chi connectivity index (χ4v) is 5.69. The number of nitrogens with one attached hydrogen (secondary N) is 1. The Morgan fingerprint density at radius 2 is 1.97 bits per heavy atom. The lowest BCUT2D eigenvalue weighted by Crippen LogP contribution is -2.56. The van der Waals surface area contributed by atoms with Crippen LogP contribution >= 0.6 is 11.6 Å². The molecule has 1 heterocycles. The van der Waals surface area contributed by atoms with E-state index in [0.29, 0.717) is 33.9 Å². The summed E-state index contributed by atoms with van der Waals surface area (Å²) in [6.45, 7) is -0.0148. The van der Waals surface area contributed by atoms with Crippen LogP contribution in [0, 0.1) is 5.92 Å². The molecule has 2 aromatic rings. The molecule has 5 rings (SSSR count). The molecule has 39 heavy (non-hydrogen) atoms. The van der Waals surface area contributed by atoms with E-state index in [4.69, 9.17) is 21.1 Å². The predicted octanol–water partition coefficient (Wildman–Crippen LogP) is 2.61. The zero-order valence-corrected chi connectivity index (χ0v) is 22.3.